The van der Waals surface area contributed by atoms with Gasteiger partial charge in [0.1, 0.15) is 0 Å². The molecule has 1 aliphatic rings. The van der Waals surface area contributed by atoms with Crippen LogP contribution >= 0.6 is 12.2 Å². The highest BCUT2D eigenvalue weighted by Gasteiger charge is 2.17. The Bertz CT molecular complexity index is 318. The first kappa shape index (κ1) is 9.92. The van der Waals surface area contributed by atoms with Gasteiger partial charge in [0.05, 0.1) is 0 Å². The molecule has 0 saturated carbocycles. The molecule has 0 bridgehead atoms. The molecule has 0 radical (unpaired) electrons. The van der Waals surface area contributed by atoms with E-state index in [0.29, 0.717) is 0 Å². The maximum Gasteiger partial charge on any atom is 0.316 e. The van der Waals surface area contributed by atoms with Crippen molar-refractivity contribution in [2.75, 3.05) is 0 Å². The topological polar surface area (TPSA) is 55.1 Å². The number of carbonyl (C=O) groups is 1. The lowest BCUT2D eigenvalue weighted by Gasteiger charge is -2.19. The monoisotopic (exact) mass is 196 g/mol. The van der Waals surface area contributed by atoms with Gasteiger partial charge in [0.25, 0.3) is 0 Å². The zero-order valence-electron chi connectivity index (χ0n) is 7.63. The predicted octanol–water partition coefficient (Wildman–Crippen LogP) is 1.50. The number of hydrogen-bond acceptors (Lipinski definition) is 2. The van der Waals surface area contributed by atoms with Crippen LogP contribution < -0.4 is 11.1 Å². The summed E-state index contributed by atoms with van der Waals surface area (Å²) in [6.07, 6.45) is 3.80. The summed E-state index contributed by atoms with van der Waals surface area (Å²) in [7, 11) is 0. The van der Waals surface area contributed by atoms with E-state index in [1.807, 2.05) is 26.0 Å². The summed E-state index contributed by atoms with van der Waals surface area (Å²) in [4.78, 5) is 11.5. The summed E-state index contributed by atoms with van der Waals surface area (Å²) in [6.45, 7) is 3.87. The molecule has 1 unspecified atom stereocenters. The molecule has 1 atom stereocenters. The van der Waals surface area contributed by atoms with Gasteiger partial charge in [-0.3, -0.25) is 0 Å². The van der Waals surface area contributed by atoms with Crippen molar-refractivity contribution in [3.63, 3.8) is 0 Å². The average molecular weight is 196 g/mol. The first-order valence-electron chi connectivity index (χ1n) is 4.01. The number of nitrogens with one attached hydrogen (secondary N) is 1. The van der Waals surface area contributed by atoms with Crippen molar-refractivity contribution in [2.24, 2.45) is 11.7 Å². The molecule has 0 heterocycles. The summed E-state index contributed by atoms with van der Waals surface area (Å²) >= 11 is 5.13. The Kier molecular flexibility index (Phi) is 2.83. The molecule has 13 heavy (non-hydrogen) atoms. The number of thiocarbonyl (C=S) groups is 1. The molecule has 0 fully saturated rings. The van der Waals surface area contributed by atoms with Gasteiger partial charge in [-0.15, -0.1) is 0 Å². The van der Waals surface area contributed by atoms with E-state index in [0.717, 1.165) is 16.1 Å². The van der Waals surface area contributed by atoms with Crippen LogP contribution in [0.25, 0.3) is 0 Å². The molecule has 4 heteroatoms. The van der Waals surface area contributed by atoms with E-state index in [1.165, 1.54) is 0 Å². The quantitative estimate of drug-likeness (QED) is 0.624. The number of urea groups is 1. The Morgan fingerprint density at radius 2 is 2.23 bits per heavy atom. The molecule has 0 saturated heterocycles. The summed E-state index contributed by atoms with van der Waals surface area (Å²) < 4.78 is 0. The second kappa shape index (κ2) is 3.70. The van der Waals surface area contributed by atoms with E-state index in [1.54, 1.807) is 0 Å². The van der Waals surface area contributed by atoms with Crippen LogP contribution in [0.4, 0.5) is 4.79 Å². The van der Waals surface area contributed by atoms with Crippen molar-refractivity contribution in [2.45, 2.75) is 13.8 Å². The molecule has 2 amide bonds. The van der Waals surface area contributed by atoms with E-state index in [2.05, 4.69) is 5.32 Å². The Labute approximate surface area is 82.7 Å². The summed E-state index contributed by atoms with van der Waals surface area (Å²) in [5, 5.41) is 2.56. The van der Waals surface area contributed by atoms with Gasteiger partial charge >= 0.3 is 6.03 Å². The Morgan fingerprint density at radius 1 is 1.62 bits per heavy atom. The van der Waals surface area contributed by atoms with Crippen LogP contribution in [-0.2, 0) is 0 Å². The lowest BCUT2D eigenvalue weighted by atomic mass is 9.95. The van der Waals surface area contributed by atoms with E-state index in [-0.39, 0.29) is 5.92 Å². The second-order valence-electron chi connectivity index (χ2n) is 3.10. The van der Waals surface area contributed by atoms with Gasteiger partial charge in [-0.05, 0) is 24.6 Å². The molecule has 1 rings (SSSR count). The number of hydrogen-bond donors (Lipinski definition) is 2. The van der Waals surface area contributed by atoms with Crippen molar-refractivity contribution in [1.29, 1.82) is 0 Å². The fourth-order valence-corrected chi connectivity index (χ4v) is 1.51. The third-order valence-electron chi connectivity index (χ3n) is 1.91. The van der Waals surface area contributed by atoms with Crippen molar-refractivity contribution in [3.8, 4) is 0 Å². The third-order valence-corrected chi connectivity index (χ3v) is 2.39. The molecule has 1 aliphatic carbocycles. The summed E-state index contributed by atoms with van der Waals surface area (Å²) in [5.74, 6) is 0.0613. The molecular formula is C9H12N2OS. The Hall–Kier alpha value is -1.16. The van der Waals surface area contributed by atoms with E-state index in [9.17, 15) is 4.79 Å². The minimum atomic E-state index is -0.546. The minimum absolute atomic E-state index is 0.0613. The molecule has 0 aromatic heterocycles. The summed E-state index contributed by atoms with van der Waals surface area (Å²) in [5.41, 5.74) is 6.83. The molecule has 70 valence electrons. The van der Waals surface area contributed by atoms with Gasteiger partial charge in [-0.2, -0.15) is 0 Å². The highest BCUT2D eigenvalue weighted by Crippen LogP contribution is 2.19. The maximum atomic E-state index is 10.6. The van der Waals surface area contributed by atoms with Gasteiger partial charge in [0.15, 0.2) is 0 Å². The largest absolute Gasteiger partial charge is 0.351 e. The van der Waals surface area contributed by atoms with Crippen molar-refractivity contribution >= 4 is 23.1 Å². The number of rotatable bonds is 1. The smallest absolute Gasteiger partial charge is 0.316 e. The Morgan fingerprint density at radius 3 is 2.77 bits per heavy atom. The molecule has 0 aromatic rings. The number of nitrogens with two attached hydrogens (primary N) is 1. The highest BCUT2D eigenvalue weighted by atomic mass is 32.1. The van der Waals surface area contributed by atoms with Crippen LogP contribution in [0.1, 0.15) is 13.8 Å². The van der Waals surface area contributed by atoms with Crippen molar-refractivity contribution in [1.82, 2.24) is 5.32 Å². The van der Waals surface area contributed by atoms with Crippen LogP contribution in [0.5, 0.6) is 0 Å². The van der Waals surface area contributed by atoms with Crippen LogP contribution in [0.3, 0.4) is 0 Å². The van der Waals surface area contributed by atoms with Gasteiger partial charge in [0, 0.05) is 16.5 Å². The van der Waals surface area contributed by atoms with Gasteiger partial charge in [-0.1, -0.05) is 19.1 Å². The van der Waals surface area contributed by atoms with Crippen molar-refractivity contribution < 1.29 is 4.79 Å². The van der Waals surface area contributed by atoms with Crippen LogP contribution in [-0.4, -0.2) is 10.9 Å². The molecule has 3 N–H and O–H groups in total. The normalized spacial score (nSPS) is 22.0. The zero-order valence-corrected chi connectivity index (χ0v) is 8.44. The lowest BCUT2D eigenvalue weighted by molar-refractivity contribution is 0.250. The van der Waals surface area contributed by atoms with Crippen molar-refractivity contribution in [3.05, 3.63) is 23.4 Å². The lowest BCUT2D eigenvalue weighted by Crippen LogP contribution is -2.33. The molecule has 0 aromatic carbocycles. The number of amides is 2. The second-order valence-corrected chi connectivity index (χ2v) is 3.57. The van der Waals surface area contributed by atoms with Crippen LogP contribution in [0.15, 0.2) is 23.4 Å². The fraction of sp³-hybridized carbons (Fsp3) is 0.333. The number of carbonyl (C=O) groups excluding carboxylic acids is 1. The van der Waals surface area contributed by atoms with Crippen LogP contribution in [0.2, 0.25) is 0 Å². The van der Waals surface area contributed by atoms with E-state index < -0.39 is 6.03 Å². The molecule has 3 nitrogen and oxygen atoms in total. The first-order valence-corrected chi connectivity index (χ1v) is 4.41. The third kappa shape index (κ3) is 2.39. The molecule has 0 aliphatic heterocycles. The fourth-order valence-electron chi connectivity index (χ4n) is 1.20. The van der Waals surface area contributed by atoms with Gasteiger partial charge < -0.3 is 11.1 Å². The van der Waals surface area contributed by atoms with Crippen LogP contribution in [0, 0.1) is 5.92 Å². The van der Waals surface area contributed by atoms with Gasteiger partial charge in [0.2, 0.25) is 0 Å². The SMILES string of the molecule is CC1=CC(=S)C(C)C(NC(N)=O)=C1. The number of primary amides is 1. The number of allylic oxidation sites excluding steroid dienone is 4. The van der Waals surface area contributed by atoms with E-state index in [4.69, 9.17) is 18.0 Å². The molecular weight excluding hydrogens is 184 g/mol. The predicted molar refractivity (Wildman–Crippen MR) is 56.3 cm³/mol. The summed E-state index contributed by atoms with van der Waals surface area (Å²) in [6, 6.07) is -0.546. The highest BCUT2D eigenvalue weighted by molar-refractivity contribution is 7.80. The first-order chi connectivity index (χ1) is 6.00. The van der Waals surface area contributed by atoms with E-state index >= 15 is 0 Å². The standard InChI is InChI=1S/C9H12N2OS/c1-5-3-7(11-9(10)12)6(2)8(13)4-5/h3-4,6H,1-2H3,(H3,10,11,12). The zero-order chi connectivity index (χ0) is 10.0. The molecule has 0 spiro atoms. The maximum absolute atomic E-state index is 10.6. The minimum Gasteiger partial charge on any atom is -0.351 e. The average Bonchev–Trinajstić information content (AvgIpc) is 1.98. The van der Waals surface area contributed by atoms with Gasteiger partial charge in [-0.25, -0.2) is 4.79 Å². The Balaban J connectivity index is 2.88.